The molecule has 1 amide bonds. The lowest BCUT2D eigenvalue weighted by Crippen LogP contribution is -2.41. The summed E-state index contributed by atoms with van der Waals surface area (Å²) >= 11 is 0. The van der Waals surface area contributed by atoms with Crippen LogP contribution in [0.4, 0.5) is 4.39 Å². The first-order chi connectivity index (χ1) is 14.3. The molecule has 0 atom stereocenters. The van der Waals surface area contributed by atoms with E-state index in [4.69, 9.17) is 14.0 Å². The molecule has 30 heavy (non-hydrogen) atoms. The summed E-state index contributed by atoms with van der Waals surface area (Å²) < 4.78 is 29.7. The molecule has 0 spiro atoms. The maximum absolute atomic E-state index is 13.7. The summed E-state index contributed by atoms with van der Waals surface area (Å²) in [5.74, 6) is 1.50. The highest BCUT2D eigenvalue weighted by molar-refractivity contribution is 5.77. The Bertz CT molecular complexity index is 1090. The van der Waals surface area contributed by atoms with Crippen LogP contribution in [0.3, 0.4) is 0 Å². The molecule has 2 aromatic carbocycles. The molecule has 0 fully saturated rings. The van der Waals surface area contributed by atoms with Crippen LogP contribution in [0.5, 0.6) is 11.5 Å². The van der Waals surface area contributed by atoms with Gasteiger partial charge in [-0.25, -0.2) is 4.39 Å². The third-order valence-electron chi connectivity index (χ3n) is 5.01. The van der Waals surface area contributed by atoms with Gasteiger partial charge < -0.3 is 19.3 Å². The molecule has 156 valence electrons. The van der Waals surface area contributed by atoms with Crippen molar-refractivity contribution in [2.24, 2.45) is 0 Å². The van der Waals surface area contributed by atoms with Crippen molar-refractivity contribution >= 4 is 5.91 Å². The standard InChI is InChI=1S/C22H22FN3O4/c1-13-4-5-14(10-16(13)23)21-24-20(30-26-21)9-8-19(27)25-22(2,3)15-6-7-17-18(11-15)29-12-28-17/h4-7,10-11H,8-9,12H2,1-3H3,(H,25,27). The van der Waals surface area contributed by atoms with Gasteiger partial charge in [-0.05, 0) is 50.1 Å². The molecule has 0 saturated carbocycles. The molecular weight excluding hydrogens is 389 g/mol. The number of aryl methyl sites for hydroxylation is 2. The maximum atomic E-state index is 13.7. The first-order valence-electron chi connectivity index (χ1n) is 9.62. The average Bonchev–Trinajstić information content (AvgIpc) is 3.37. The van der Waals surface area contributed by atoms with Gasteiger partial charge in [0.15, 0.2) is 11.5 Å². The number of nitrogens with one attached hydrogen (secondary N) is 1. The number of halogens is 1. The Morgan fingerprint density at radius 2 is 1.97 bits per heavy atom. The van der Waals surface area contributed by atoms with Crippen molar-refractivity contribution in [1.82, 2.24) is 15.5 Å². The van der Waals surface area contributed by atoms with Gasteiger partial charge in [0.2, 0.25) is 24.4 Å². The Balaban J connectivity index is 1.36. The second-order valence-corrected chi connectivity index (χ2v) is 7.72. The van der Waals surface area contributed by atoms with Gasteiger partial charge in [0.1, 0.15) is 5.82 Å². The lowest BCUT2D eigenvalue weighted by molar-refractivity contribution is -0.122. The van der Waals surface area contributed by atoms with E-state index in [0.29, 0.717) is 34.3 Å². The molecular formula is C22H22FN3O4. The average molecular weight is 411 g/mol. The molecule has 4 rings (SSSR count). The van der Waals surface area contributed by atoms with E-state index in [-0.39, 0.29) is 31.4 Å². The van der Waals surface area contributed by atoms with Gasteiger partial charge in [0.25, 0.3) is 0 Å². The van der Waals surface area contributed by atoms with E-state index >= 15 is 0 Å². The van der Waals surface area contributed by atoms with Gasteiger partial charge >= 0.3 is 0 Å². The summed E-state index contributed by atoms with van der Waals surface area (Å²) in [7, 11) is 0. The molecule has 1 aromatic heterocycles. The number of amides is 1. The normalized spacial score (nSPS) is 12.8. The fourth-order valence-corrected chi connectivity index (χ4v) is 3.19. The minimum absolute atomic E-state index is 0.154. The number of fused-ring (bicyclic) bond motifs is 1. The smallest absolute Gasteiger partial charge is 0.231 e. The molecule has 0 radical (unpaired) electrons. The summed E-state index contributed by atoms with van der Waals surface area (Å²) in [6.45, 7) is 5.72. The number of rotatable bonds is 6. The third kappa shape index (κ3) is 4.12. The van der Waals surface area contributed by atoms with Gasteiger partial charge in [-0.1, -0.05) is 23.4 Å². The first kappa shape index (κ1) is 19.9. The topological polar surface area (TPSA) is 86.5 Å². The zero-order chi connectivity index (χ0) is 21.3. The second kappa shape index (κ2) is 7.78. The van der Waals surface area contributed by atoms with Gasteiger partial charge in [-0.15, -0.1) is 0 Å². The first-order valence-corrected chi connectivity index (χ1v) is 9.62. The maximum Gasteiger partial charge on any atom is 0.231 e. The van der Waals surface area contributed by atoms with Crippen molar-refractivity contribution in [3.63, 3.8) is 0 Å². The summed E-state index contributed by atoms with van der Waals surface area (Å²) in [6, 6.07) is 10.4. The summed E-state index contributed by atoms with van der Waals surface area (Å²) in [4.78, 5) is 16.8. The van der Waals surface area contributed by atoms with Gasteiger partial charge in [0, 0.05) is 18.4 Å². The Kier molecular flexibility index (Phi) is 5.15. The number of carbonyl (C=O) groups excluding carboxylic acids is 1. The number of aromatic nitrogens is 2. The van der Waals surface area contributed by atoms with Gasteiger partial charge in [-0.3, -0.25) is 4.79 Å². The Hall–Kier alpha value is -3.42. The van der Waals surface area contributed by atoms with Gasteiger partial charge in [0.05, 0.1) is 5.54 Å². The van der Waals surface area contributed by atoms with E-state index in [1.165, 1.54) is 6.07 Å². The van der Waals surface area contributed by atoms with Crippen LogP contribution < -0.4 is 14.8 Å². The minimum atomic E-state index is -0.600. The predicted octanol–water partition coefficient (Wildman–Crippen LogP) is 3.90. The molecule has 0 aliphatic carbocycles. The Morgan fingerprint density at radius 1 is 1.17 bits per heavy atom. The molecule has 0 unspecified atom stereocenters. The van der Waals surface area contributed by atoms with Crippen LogP contribution in [0.2, 0.25) is 0 Å². The lowest BCUT2D eigenvalue weighted by atomic mass is 9.93. The molecule has 1 N–H and O–H groups in total. The SMILES string of the molecule is Cc1ccc(-c2noc(CCC(=O)NC(C)(C)c3ccc4c(c3)OCO4)n2)cc1F. The largest absolute Gasteiger partial charge is 0.454 e. The third-order valence-corrected chi connectivity index (χ3v) is 5.01. The summed E-state index contributed by atoms with van der Waals surface area (Å²) in [5, 5.41) is 6.89. The molecule has 1 aliphatic heterocycles. The van der Waals surface area contributed by atoms with Crippen LogP contribution in [0.15, 0.2) is 40.9 Å². The number of ether oxygens (including phenoxy) is 2. The molecule has 0 saturated heterocycles. The zero-order valence-corrected chi connectivity index (χ0v) is 17.0. The number of carbonyl (C=O) groups is 1. The van der Waals surface area contributed by atoms with Crippen molar-refractivity contribution in [2.45, 2.75) is 39.2 Å². The van der Waals surface area contributed by atoms with Crippen molar-refractivity contribution in [3.05, 3.63) is 59.2 Å². The van der Waals surface area contributed by atoms with Crippen LogP contribution >= 0.6 is 0 Å². The van der Waals surface area contributed by atoms with E-state index in [9.17, 15) is 9.18 Å². The minimum Gasteiger partial charge on any atom is -0.454 e. The van der Waals surface area contributed by atoms with E-state index in [0.717, 1.165) is 5.56 Å². The van der Waals surface area contributed by atoms with E-state index in [1.54, 1.807) is 19.1 Å². The number of benzene rings is 2. The molecule has 2 heterocycles. The molecule has 7 nitrogen and oxygen atoms in total. The van der Waals surface area contributed by atoms with E-state index in [2.05, 4.69) is 15.5 Å². The Morgan fingerprint density at radius 3 is 2.77 bits per heavy atom. The molecule has 1 aliphatic rings. The van der Waals surface area contributed by atoms with Crippen LogP contribution in [0, 0.1) is 12.7 Å². The number of nitrogens with zero attached hydrogens (tertiary/aromatic N) is 2. The quantitative estimate of drug-likeness (QED) is 0.662. The fourth-order valence-electron chi connectivity index (χ4n) is 3.19. The highest BCUT2D eigenvalue weighted by Gasteiger charge is 2.26. The number of hydrogen-bond donors (Lipinski definition) is 1. The van der Waals surface area contributed by atoms with Crippen LogP contribution in [-0.4, -0.2) is 22.8 Å². The van der Waals surface area contributed by atoms with Crippen molar-refractivity contribution in [3.8, 4) is 22.9 Å². The Labute approximate surface area is 173 Å². The number of hydrogen-bond acceptors (Lipinski definition) is 6. The monoisotopic (exact) mass is 411 g/mol. The fraction of sp³-hybridized carbons (Fsp3) is 0.318. The predicted molar refractivity (Wildman–Crippen MR) is 106 cm³/mol. The zero-order valence-electron chi connectivity index (χ0n) is 17.0. The highest BCUT2D eigenvalue weighted by Crippen LogP contribution is 2.35. The van der Waals surface area contributed by atoms with Gasteiger partial charge in [-0.2, -0.15) is 4.98 Å². The van der Waals surface area contributed by atoms with E-state index in [1.807, 2.05) is 32.0 Å². The highest BCUT2D eigenvalue weighted by atomic mass is 19.1. The van der Waals surface area contributed by atoms with Crippen LogP contribution in [-0.2, 0) is 16.8 Å². The molecule has 0 bridgehead atoms. The van der Waals surface area contributed by atoms with Crippen molar-refractivity contribution in [2.75, 3.05) is 6.79 Å². The van der Waals surface area contributed by atoms with E-state index < -0.39 is 5.54 Å². The summed E-state index contributed by atoms with van der Waals surface area (Å²) in [6.07, 6.45) is 0.461. The second-order valence-electron chi connectivity index (χ2n) is 7.72. The molecule has 3 aromatic rings. The molecule has 8 heteroatoms. The summed E-state index contributed by atoms with van der Waals surface area (Å²) in [5.41, 5.74) is 1.38. The van der Waals surface area contributed by atoms with Crippen LogP contribution in [0.25, 0.3) is 11.4 Å². The van der Waals surface area contributed by atoms with Crippen LogP contribution in [0.1, 0.15) is 37.3 Å². The lowest BCUT2D eigenvalue weighted by Gasteiger charge is -2.27. The van der Waals surface area contributed by atoms with Crippen molar-refractivity contribution < 1.29 is 23.2 Å². The van der Waals surface area contributed by atoms with Crippen molar-refractivity contribution in [1.29, 1.82) is 0 Å².